The molecule has 2 aliphatic rings. The van der Waals surface area contributed by atoms with Crippen LogP contribution in [0, 0.1) is 5.92 Å². The Kier molecular flexibility index (Phi) is 5.43. The lowest BCUT2D eigenvalue weighted by molar-refractivity contribution is 0.0323. The summed E-state index contributed by atoms with van der Waals surface area (Å²) < 4.78 is 6.28. The Morgan fingerprint density at radius 2 is 1.88 bits per heavy atom. The quantitative estimate of drug-likeness (QED) is 0.644. The second kappa shape index (κ2) is 8.39. The third kappa shape index (κ3) is 4.12. The van der Waals surface area contributed by atoms with Crippen molar-refractivity contribution in [3.05, 3.63) is 72.1 Å². The number of benzene rings is 2. The molecule has 2 unspecified atom stereocenters. The summed E-state index contributed by atoms with van der Waals surface area (Å²) in [5.74, 6) is 1.02. The van der Waals surface area contributed by atoms with E-state index in [1.165, 1.54) is 4.80 Å². The number of amides is 1. The fraction of sp³-hybridized carbons (Fsp3) is 0.400. The Balaban J connectivity index is 1.30. The van der Waals surface area contributed by atoms with Crippen molar-refractivity contribution >= 4 is 5.91 Å². The van der Waals surface area contributed by atoms with E-state index in [2.05, 4.69) is 10.2 Å². The molecule has 0 bridgehead atoms. The van der Waals surface area contributed by atoms with E-state index in [9.17, 15) is 9.90 Å². The van der Waals surface area contributed by atoms with Gasteiger partial charge in [-0.1, -0.05) is 24.3 Å². The van der Waals surface area contributed by atoms with Gasteiger partial charge in [-0.3, -0.25) is 4.79 Å². The predicted molar refractivity (Wildman–Crippen MR) is 120 cm³/mol. The van der Waals surface area contributed by atoms with Crippen LogP contribution in [0.15, 0.2) is 60.9 Å². The zero-order chi connectivity index (χ0) is 22.1. The molecule has 7 heteroatoms. The highest BCUT2D eigenvalue weighted by Crippen LogP contribution is 2.45. The van der Waals surface area contributed by atoms with Gasteiger partial charge in [0, 0.05) is 6.54 Å². The number of piperidine rings is 1. The van der Waals surface area contributed by atoms with Gasteiger partial charge in [0.25, 0.3) is 5.91 Å². The molecular formula is C25H28N4O3. The minimum Gasteiger partial charge on any atom is -0.489 e. The van der Waals surface area contributed by atoms with E-state index in [1.807, 2.05) is 60.4 Å². The Morgan fingerprint density at radius 3 is 2.66 bits per heavy atom. The number of para-hydroxylation sites is 1. The van der Waals surface area contributed by atoms with Crippen molar-refractivity contribution in [2.45, 2.75) is 44.3 Å². The van der Waals surface area contributed by atoms with E-state index in [0.717, 1.165) is 37.0 Å². The fourth-order valence-electron chi connectivity index (χ4n) is 4.52. The molecule has 5 rings (SSSR count). The molecule has 0 spiro atoms. The van der Waals surface area contributed by atoms with Crippen molar-refractivity contribution in [2.75, 3.05) is 13.1 Å². The van der Waals surface area contributed by atoms with Crippen LogP contribution in [0.3, 0.4) is 0 Å². The number of rotatable bonds is 6. The summed E-state index contributed by atoms with van der Waals surface area (Å²) in [6.45, 7) is 3.09. The maximum absolute atomic E-state index is 13.3. The van der Waals surface area contributed by atoms with Crippen LogP contribution in [0.1, 0.15) is 48.5 Å². The first kappa shape index (κ1) is 20.7. The molecule has 2 heterocycles. The molecule has 32 heavy (non-hydrogen) atoms. The van der Waals surface area contributed by atoms with E-state index < -0.39 is 5.60 Å². The number of ether oxygens (including phenoxy) is 1. The van der Waals surface area contributed by atoms with Crippen LogP contribution in [-0.4, -0.2) is 50.1 Å². The molecule has 166 valence electrons. The SMILES string of the molecule is CC(O)(c1cccc(OC2CCCN(C(=O)c3ccccc3-n3nccn3)C2)c1)C1CC1. The minimum absolute atomic E-state index is 0.0448. The molecule has 1 aromatic heterocycles. The van der Waals surface area contributed by atoms with Crippen molar-refractivity contribution in [3.8, 4) is 11.4 Å². The molecule has 2 aromatic carbocycles. The molecular weight excluding hydrogens is 404 g/mol. The van der Waals surface area contributed by atoms with E-state index in [1.54, 1.807) is 12.4 Å². The summed E-state index contributed by atoms with van der Waals surface area (Å²) in [7, 11) is 0. The lowest BCUT2D eigenvalue weighted by Gasteiger charge is -2.33. The summed E-state index contributed by atoms with van der Waals surface area (Å²) in [6, 6.07) is 15.2. The van der Waals surface area contributed by atoms with Gasteiger partial charge in [0.05, 0.1) is 35.8 Å². The molecule has 1 saturated heterocycles. The highest BCUT2D eigenvalue weighted by molar-refractivity contribution is 5.97. The summed E-state index contributed by atoms with van der Waals surface area (Å²) in [5.41, 5.74) is 1.31. The monoisotopic (exact) mass is 432 g/mol. The molecule has 1 aliphatic heterocycles. The summed E-state index contributed by atoms with van der Waals surface area (Å²) in [6.07, 6.45) is 6.99. The second-order valence-electron chi connectivity index (χ2n) is 8.92. The van der Waals surface area contributed by atoms with Gasteiger partial charge in [-0.05, 0) is 68.4 Å². The van der Waals surface area contributed by atoms with Crippen molar-refractivity contribution < 1.29 is 14.6 Å². The molecule has 1 amide bonds. The highest BCUT2D eigenvalue weighted by Gasteiger charge is 2.41. The number of likely N-dealkylation sites (tertiary alicyclic amines) is 1. The van der Waals surface area contributed by atoms with Gasteiger partial charge < -0.3 is 14.7 Å². The average Bonchev–Trinajstić information content (AvgIpc) is 3.55. The van der Waals surface area contributed by atoms with Crippen LogP contribution in [0.25, 0.3) is 5.69 Å². The van der Waals surface area contributed by atoms with Gasteiger partial charge in [-0.2, -0.15) is 15.0 Å². The van der Waals surface area contributed by atoms with Crippen molar-refractivity contribution in [1.82, 2.24) is 19.9 Å². The largest absolute Gasteiger partial charge is 0.489 e. The standard InChI is InChI=1S/C25H28N4O3/c1-25(31,18-11-12-18)19-6-4-7-20(16-19)32-21-8-5-15-28(17-21)24(30)22-9-2-3-10-23(22)29-26-13-14-27-29/h2-4,6-7,9-10,13-14,16,18,21,31H,5,8,11-12,15,17H2,1H3. The van der Waals surface area contributed by atoms with Gasteiger partial charge in [-0.25, -0.2) is 0 Å². The maximum Gasteiger partial charge on any atom is 0.256 e. The smallest absolute Gasteiger partial charge is 0.256 e. The topological polar surface area (TPSA) is 80.5 Å². The second-order valence-corrected chi connectivity index (χ2v) is 8.92. The lowest BCUT2D eigenvalue weighted by Crippen LogP contribution is -2.44. The van der Waals surface area contributed by atoms with Gasteiger partial charge >= 0.3 is 0 Å². The van der Waals surface area contributed by atoms with Crippen LogP contribution in [0.4, 0.5) is 0 Å². The first-order valence-corrected chi connectivity index (χ1v) is 11.3. The molecule has 2 atom stereocenters. The molecule has 2 fully saturated rings. The van der Waals surface area contributed by atoms with Crippen LogP contribution >= 0.6 is 0 Å². The van der Waals surface area contributed by atoms with Gasteiger partial charge in [0.2, 0.25) is 0 Å². The fourth-order valence-corrected chi connectivity index (χ4v) is 4.52. The average molecular weight is 433 g/mol. The summed E-state index contributed by atoms with van der Waals surface area (Å²) in [5, 5.41) is 19.2. The van der Waals surface area contributed by atoms with Gasteiger partial charge in [0.15, 0.2) is 0 Å². The Morgan fingerprint density at radius 1 is 1.09 bits per heavy atom. The molecule has 1 N–H and O–H groups in total. The maximum atomic E-state index is 13.3. The van der Waals surface area contributed by atoms with Crippen LogP contribution in [-0.2, 0) is 5.60 Å². The third-order valence-corrected chi connectivity index (χ3v) is 6.53. The van der Waals surface area contributed by atoms with Crippen molar-refractivity contribution in [1.29, 1.82) is 0 Å². The highest BCUT2D eigenvalue weighted by atomic mass is 16.5. The van der Waals surface area contributed by atoms with Crippen LogP contribution in [0.5, 0.6) is 5.75 Å². The van der Waals surface area contributed by atoms with Crippen molar-refractivity contribution in [3.63, 3.8) is 0 Å². The van der Waals surface area contributed by atoms with Gasteiger partial charge in [-0.15, -0.1) is 0 Å². The number of hydrogen-bond donors (Lipinski definition) is 1. The predicted octanol–water partition coefficient (Wildman–Crippen LogP) is 3.57. The third-order valence-electron chi connectivity index (χ3n) is 6.53. The number of aliphatic hydroxyl groups is 1. The number of carbonyl (C=O) groups excluding carboxylic acids is 1. The first-order chi connectivity index (χ1) is 15.5. The zero-order valence-corrected chi connectivity index (χ0v) is 18.2. The lowest BCUT2D eigenvalue weighted by atomic mass is 9.91. The normalized spacial score (nSPS) is 20.6. The summed E-state index contributed by atoms with van der Waals surface area (Å²) >= 11 is 0. The molecule has 1 saturated carbocycles. The Labute approximate surface area is 187 Å². The minimum atomic E-state index is -0.821. The molecule has 3 aromatic rings. The number of aromatic nitrogens is 3. The first-order valence-electron chi connectivity index (χ1n) is 11.3. The van der Waals surface area contributed by atoms with E-state index >= 15 is 0 Å². The van der Waals surface area contributed by atoms with E-state index in [0.29, 0.717) is 30.3 Å². The molecule has 7 nitrogen and oxygen atoms in total. The van der Waals surface area contributed by atoms with Crippen molar-refractivity contribution in [2.24, 2.45) is 5.92 Å². The van der Waals surface area contributed by atoms with E-state index in [4.69, 9.17) is 4.74 Å². The number of carbonyl (C=O) groups is 1. The molecule has 1 aliphatic carbocycles. The Hall–Kier alpha value is -3.19. The zero-order valence-electron chi connectivity index (χ0n) is 18.2. The van der Waals surface area contributed by atoms with Crippen LogP contribution < -0.4 is 4.74 Å². The molecule has 0 radical (unpaired) electrons. The van der Waals surface area contributed by atoms with Crippen LogP contribution in [0.2, 0.25) is 0 Å². The Bertz CT molecular complexity index is 1090. The van der Waals surface area contributed by atoms with Gasteiger partial charge in [0.1, 0.15) is 11.9 Å². The van der Waals surface area contributed by atoms with E-state index in [-0.39, 0.29) is 12.0 Å². The number of nitrogens with zero attached hydrogens (tertiary/aromatic N) is 4. The number of hydrogen-bond acceptors (Lipinski definition) is 5. The summed E-state index contributed by atoms with van der Waals surface area (Å²) in [4.78, 5) is 16.7.